The van der Waals surface area contributed by atoms with Crippen LogP contribution in [-0.4, -0.2) is 119 Å². The molecule has 11 heteroatoms. The smallest absolute Gasteiger partial charge is 0.317 e. The van der Waals surface area contributed by atoms with Crippen molar-refractivity contribution in [2.24, 2.45) is 22.7 Å². The van der Waals surface area contributed by atoms with Gasteiger partial charge in [0.2, 0.25) is 5.91 Å². The predicted molar refractivity (Wildman–Crippen MR) is 179 cm³/mol. The number of likely N-dealkylation sites (tertiary alicyclic amines) is 2. The lowest BCUT2D eigenvalue weighted by Gasteiger charge is -2.67. The van der Waals surface area contributed by atoms with Crippen molar-refractivity contribution >= 4 is 11.9 Å². The summed E-state index contributed by atoms with van der Waals surface area (Å²) in [5.74, 6) is 0.969. The summed E-state index contributed by atoms with van der Waals surface area (Å²) in [6, 6.07) is -0.313. The number of ether oxygens (including phenoxy) is 4. The van der Waals surface area contributed by atoms with Crippen molar-refractivity contribution in [2.45, 2.75) is 134 Å². The number of nitrogens with zero attached hydrogens (tertiary/aromatic N) is 2. The fourth-order valence-electron chi connectivity index (χ4n) is 10.9. The summed E-state index contributed by atoms with van der Waals surface area (Å²) in [7, 11) is 3.48. The first-order chi connectivity index (χ1) is 22.8. The molecule has 5 rings (SSSR count). The number of urea groups is 1. The third-order valence-electron chi connectivity index (χ3n) is 12.9. The molecule has 9 atom stereocenters. The second-order valence-corrected chi connectivity index (χ2v) is 15.1. The van der Waals surface area contributed by atoms with E-state index < -0.39 is 12.2 Å². The van der Waals surface area contributed by atoms with Crippen LogP contribution in [0, 0.1) is 22.7 Å². The maximum Gasteiger partial charge on any atom is 0.317 e. The van der Waals surface area contributed by atoms with Crippen LogP contribution in [0.5, 0.6) is 0 Å². The van der Waals surface area contributed by atoms with Gasteiger partial charge in [-0.2, -0.15) is 0 Å². The van der Waals surface area contributed by atoms with E-state index >= 15 is 0 Å². The first-order valence-corrected chi connectivity index (χ1v) is 18.7. The standard InChI is InChI=1S/C36H63FN4O6/c1-6-10-26(7-2)36-28-14-13-27(45-5)21-31(28)38-33(36)32(22-47-24-46-20-19-44-4)41(25(3)42)23-35(36)15-17-40(18-16-35)34(43)39-30-12-9-8-11-29(30)37/h26-33,38H,6-24H2,1-5H3,(H,39,43)/t26?,27?,28?,29?,30?,31?,32-,33?,36?/m0/s1. The van der Waals surface area contributed by atoms with Gasteiger partial charge in [-0.05, 0) is 62.2 Å². The number of carbonyl (C=O) groups is 2. The molecule has 0 radical (unpaired) electrons. The number of piperidine rings is 2. The van der Waals surface area contributed by atoms with Crippen LogP contribution in [-0.2, 0) is 23.7 Å². The second kappa shape index (κ2) is 16.5. The van der Waals surface area contributed by atoms with Gasteiger partial charge in [0.25, 0.3) is 0 Å². The van der Waals surface area contributed by atoms with Gasteiger partial charge in [0.05, 0.1) is 38.0 Å². The van der Waals surface area contributed by atoms with Crippen LogP contribution in [0.15, 0.2) is 0 Å². The number of rotatable bonds is 13. The zero-order chi connectivity index (χ0) is 33.6. The molecule has 3 amide bonds. The molecule has 47 heavy (non-hydrogen) atoms. The van der Waals surface area contributed by atoms with Crippen LogP contribution < -0.4 is 10.6 Å². The van der Waals surface area contributed by atoms with Gasteiger partial charge in [-0.3, -0.25) is 4.79 Å². The number of hydrogen-bond donors (Lipinski definition) is 2. The van der Waals surface area contributed by atoms with Crippen LogP contribution in [0.4, 0.5) is 9.18 Å². The van der Waals surface area contributed by atoms with Crippen LogP contribution in [0.2, 0.25) is 0 Å². The fourth-order valence-corrected chi connectivity index (χ4v) is 10.9. The summed E-state index contributed by atoms with van der Waals surface area (Å²) in [5.41, 5.74) is -0.241. The number of amides is 3. The molecule has 0 bridgehead atoms. The SMILES string of the molecule is CCCC(CC)C12C3CCC(OC)CC3NC1[C@H](COCOCCOC)N(C(C)=O)CC21CCN(C(=O)NC2CCCCC2F)CC1. The molecule has 10 nitrogen and oxygen atoms in total. The Bertz CT molecular complexity index is 1030. The third-order valence-corrected chi connectivity index (χ3v) is 12.9. The highest BCUT2D eigenvalue weighted by atomic mass is 19.1. The molecule has 2 N–H and O–H groups in total. The zero-order valence-corrected chi connectivity index (χ0v) is 29.8. The van der Waals surface area contributed by atoms with E-state index in [9.17, 15) is 14.0 Å². The first-order valence-electron chi connectivity index (χ1n) is 18.7. The van der Waals surface area contributed by atoms with Crippen molar-refractivity contribution in [3.63, 3.8) is 0 Å². The molecule has 3 heterocycles. The molecule has 2 saturated carbocycles. The molecule has 0 aromatic rings. The van der Waals surface area contributed by atoms with E-state index in [1.807, 2.05) is 12.0 Å². The minimum absolute atomic E-state index is 0.0520. The third kappa shape index (κ3) is 7.21. The molecule has 3 aliphatic heterocycles. The highest BCUT2D eigenvalue weighted by Crippen LogP contribution is 2.68. The quantitative estimate of drug-likeness (QED) is 0.213. The summed E-state index contributed by atoms with van der Waals surface area (Å²) in [5, 5.41) is 7.24. The second-order valence-electron chi connectivity index (χ2n) is 15.1. The molecule has 0 aromatic carbocycles. The maximum absolute atomic E-state index is 14.7. The Hall–Kier alpha value is -1.53. The molecule has 5 aliphatic rings. The average Bonchev–Trinajstić information content (AvgIpc) is 3.43. The Morgan fingerprint density at radius 1 is 1.04 bits per heavy atom. The van der Waals surface area contributed by atoms with E-state index in [0.717, 1.165) is 64.2 Å². The van der Waals surface area contributed by atoms with Gasteiger partial charge in [-0.1, -0.05) is 46.0 Å². The van der Waals surface area contributed by atoms with E-state index in [-0.39, 0.29) is 47.7 Å². The van der Waals surface area contributed by atoms with E-state index in [4.69, 9.17) is 18.9 Å². The number of methoxy groups -OCH3 is 2. The van der Waals surface area contributed by atoms with Crippen molar-refractivity contribution in [1.82, 2.24) is 20.4 Å². The normalized spacial score (nSPS) is 35.7. The highest BCUT2D eigenvalue weighted by molar-refractivity contribution is 5.75. The van der Waals surface area contributed by atoms with Crippen LogP contribution >= 0.6 is 0 Å². The fraction of sp³-hybridized carbons (Fsp3) is 0.944. The Morgan fingerprint density at radius 2 is 1.81 bits per heavy atom. The summed E-state index contributed by atoms with van der Waals surface area (Å²) < 4.78 is 37.6. The largest absolute Gasteiger partial charge is 0.382 e. The number of fused-ring (bicyclic) bond motifs is 4. The molecule has 0 aromatic heterocycles. The van der Waals surface area contributed by atoms with E-state index in [2.05, 4.69) is 29.4 Å². The molecule has 1 spiro atoms. The number of hydrogen-bond acceptors (Lipinski definition) is 7. The van der Waals surface area contributed by atoms with Crippen LogP contribution in [0.25, 0.3) is 0 Å². The molecule has 270 valence electrons. The van der Waals surface area contributed by atoms with E-state index in [0.29, 0.717) is 70.2 Å². The van der Waals surface area contributed by atoms with Crippen LogP contribution in [0.3, 0.4) is 0 Å². The van der Waals surface area contributed by atoms with Gasteiger partial charge in [0.1, 0.15) is 13.0 Å². The summed E-state index contributed by atoms with van der Waals surface area (Å²) in [6.45, 7) is 9.75. The van der Waals surface area contributed by atoms with E-state index in [1.165, 1.54) is 0 Å². The van der Waals surface area contributed by atoms with Gasteiger partial charge in [0.15, 0.2) is 0 Å². The Labute approximate surface area is 282 Å². The van der Waals surface area contributed by atoms with Crippen molar-refractivity contribution in [2.75, 3.05) is 60.5 Å². The lowest BCUT2D eigenvalue weighted by Crippen LogP contribution is -2.74. The first kappa shape index (κ1) is 36.7. The van der Waals surface area contributed by atoms with Crippen molar-refractivity contribution in [3.8, 4) is 0 Å². The van der Waals surface area contributed by atoms with Crippen molar-refractivity contribution in [3.05, 3.63) is 0 Å². The van der Waals surface area contributed by atoms with Gasteiger partial charge >= 0.3 is 6.03 Å². The van der Waals surface area contributed by atoms with Gasteiger partial charge in [-0.25, -0.2) is 9.18 Å². The van der Waals surface area contributed by atoms with Gasteiger partial charge in [-0.15, -0.1) is 0 Å². The Kier molecular flexibility index (Phi) is 12.9. The average molecular weight is 667 g/mol. The number of carbonyl (C=O) groups excluding carboxylic acids is 2. The summed E-state index contributed by atoms with van der Waals surface area (Å²) in [6.07, 6.45) is 10.4. The summed E-state index contributed by atoms with van der Waals surface area (Å²) in [4.78, 5) is 31.1. The minimum atomic E-state index is -0.969. The van der Waals surface area contributed by atoms with Gasteiger partial charge in [0, 0.05) is 58.3 Å². The molecule has 3 saturated heterocycles. The predicted octanol–water partition coefficient (Wildman–Crippen LogP) is 4.89. The number of nitrogens with one attached hydrogen (secondary N) is 2. The molecule has 5 fully saturated rings. The monoisotopic (exact) mass is 666 g/mol. The lowest BCUT2D eigenvalue weighted by atomic mass is 9.42. The highest BCUT2D eigenvalue weighted by Gasteiger charge is 2.72. The topological polar surface area (TPSA) is 102 Å². The molecule has 8 unspecified atom stereocenters. The van der Waals surface area contributed by atoms with Crippen LogP contribution in [0.1, 0.15) is 97.8 Å². The molecular formula is C36H63FN4O6. The molecular weight excluding hydrogens is 603 g/mol. The lowest BCUT2D eigenvalue weighted by molar-refractivity contribution is -0.192. The minimum Gasteiger partial charge on any atom is -0.382 e. The number of alkyl halides is 1. The summed E-state index contributed by atoms with van der Waals surface area (Å²) >= 11 is 0. The van der Waals surface area contributed by atoms with E-state index in [1.54, 1.807) is 14.0 Å². The number of halogens is 1. The van der Waals surface area contributed by atoms with Crippen molar-refractivity contribution < 1.29 is 32.9 Å². The molecule has 2 aliphatic carbocycles. The van der Waals surface area contributed by atoms with Gasteiger partial charge < -0.3 is 39.4 Å². The maximum atomic E-state index is 14.7. The van der Waals surface area contributed by atoms with Crippen molar-refractivity contribution in [1.29, 1.82) is 0 Å². The zero-order valence-electron chi connectivity index (χ0n) is 29.8. The Morgan fingerprint density at radius 3 is 2.47 bits per heavy atom. The Balaban J connectivity index is 1.48.